The number of aliphatic hydroxyl groups is 11. The van der Waals surface area contributed by atoms with Crippen LogP contribution in [0.15, 0.2) is 0 Å². The number of hydrogen-bond donors (Lipinski definition) is 12. The van der Waals surface area contributed by atoms with Crippen molar-refractivity contribution in [2.24, 2.45) is 0 Å². The van der Waals surface area contributed by atoms with Crippen molar-refractivity contribution in [3.63, 3.8) is 0 Å². The van der Waals surface area contributed by atoms with E-state index in [4.69, 9.17) is 28.4 Å². The van der Waals surface area contributed by atoms with Crippen LogP contribution in [0.2, 0.25) is 0 Å². The van der Waals surface area contributed by atoms with Gasteiger partial charge in [-0.1, -0.05) is 200 Å². The zero-order valence-electron chi connectivity index (χ0n) is 46.0. The molecular weight excluding hydrogens is 975 g/mol. The van der Waals surface area contributed by atoms with E-state index in [0.717, 1.165) is 57.8 Å². The number of hydrogen-bond acceptors (Lipinski definition) is 18. The Labute approximate surface area is 449 Å². The van der Waals surface area contributed by atoms with E-state index in [2.05, 4.69) is 19.2 Å². The van der Waals surface area contributed by atoms with E-state index in [0.29, 0.717) is 12.8 Å². The highest BCUT2D eigenvalue weighted by Gasteiger charge is 2.53. The number of amides is 1. The molecule has 19 heteroatoms. The number of unbranched alkanes of at least 4 members (excludes halogenated alkanes) is 28. The Kier molecular flexibility index (Phi) is 37.1. The second kappa shape index (κ2) is 40.9. The summed E-state index contributed by atoms with van der Waals surface area (Å²) in [6, 6.07) is -0.877. The molecule has 1 amide bonds. The van der Waals surface area contributed by atoms with Crippen LogP contribution in [-0.2, 0) is 33.2 Å². The maximum Gasteiger partial charge on any atom is 0.220 e. The Morgan fingerprint density at radius 1 is 0.427 bits per heavy atom. The predicted molar refractivity (Wildman–Crippen MR) is 282 cm³/mol. The largest absolute Gasteiger partial charge is 0.394 e. The van der Waals surface area contributed by atoms with E-state index in [9.17, 15) is 61.0 Å². The fourth-order valence-corrected chi connectivity index (χ4v) is 10.5. The van der Waals surface area contributed by atoms with Gasteiger partial charge >= 0.3 is 0 Å². The van der Waals surface area contributed by atoms with Gasteiger partial charge in [0.15, 0.2) is 18.9 Å². The summed E-state index contributed by atoms with van der Waals surface area (Å²) in [5.41, 5.74) is 0. The molecule has 75 heavy (non-hydrogen) atoms. The fraction of sp³-hybridized carbons (Fsp3) is 0.982. The summed E-state index contributed by atoms with van der Waals surface area (Å²) in [6.45, 7) is 1.72. The lowest BCUT2D eigenvalue weighted by Gasteiger charge is -2.48. The van der Waals surface area contributed by atoms with E-state index in [1.807, 2.05) is 0 Å². The van der Waals surface area contributed by atoms with Gasteiger partial charge in [0, 0.05) is 6.42 Å². The first-order chi connectivity index (χ1) is 36.3. The van der Waals surface area contributed by atoms with Gasteiger partial charge in [-0.2, -0.15) is 0 Å². The van der Waals surface area contributed by atoms with Crippen molar-refractivity contribution in [2.45, 2.75) is 324 Å². The summed E-state index contributed by atoms with van der Waals surface area (Å²) in [5, 5.41) is 120. The molecule has 3 fully saturated rings. The minimum absolute atomic E-state index is 0.244. The van der Waals surface area contributed by atoms with Crippen LogP contribution in [0.1, 0.15) is 219 Å². The molecule has 444 valence electrons. The van der Waals surface area contributed by atoms with Crippen LogP contribution in [0.25, 0.3) is 0 Å². The average molecular weight is 1080 g/mol. The van der Waals surface area contributed by atoms with Crippen molar-refractivity contribution >= 4 is 5.91 Å². The number of rotatable bonds is 44. The molecule has 3 rings (SSSR count). The van der Waals surface area contributed by atoms with Crippen molar-refractivity contribution in [1.82, 2.24) is 5.32 Å². The van der Waals surface area contributed by atoms with E-state index in [1.54, 1.807) is 0 Å². The van der Waals surface area contributed by atoms with Crippen LogP contribution >= 0.6 is 0 Å². The fourth-order valence-electron chi connectivity index (χ4n) is 10.5. The molecule has 0 radical (unpaired) electrons. The molecule has 0 saturated carbocycles. The Bertz CT molecular complexity index is 1390. The molecule has 3 aliphatic heterocycles. The third-order valence-electron chi connectivity index (χ3n) is 15.4. The van der Waals surface area contributed by atoms with Crippen LogP contribution in [0, 0.1) is 0 Å². The van der Waals surface area contributed by atoms with Crippen molar-refractivity contribution < 1.29 is 89.4 Å². The SMILES string of the molecule is CCCCCCCCCCCCCCCCCCCCCCCCCCC(=O)NC(COC1OC(CO)C(OC2OC(CO)C(OC3OC(CO)C(O)C(O)C3O)C(O)C2O)C(O)C1O)C(O)CCCCCCCC. The van der Waals surface area contributed by atoms with Crippen molar-refractivity contribution in [2.75, 3.05) is 26.4 Å². The third kappa shape index (κ3) is 25.4. The van der Waals surface area contributed by atoms with Crippen LogP contribution in [-0.4, -0.2) is 193 Å². The lowest BCUT2D eigenvalue weighted by Crippen LogP contribution is -2.66. The topological polar surface area (TPSA) is 307 Å². The second-order valence-electron chi connectivity index (χ2n) is 21.8. The molecule has 3 heterocycles. The number of nitrogens with one attached hydrogen (secondary N) is 1. The summed E-state index contributed by atoms with van der Waals surface area (Å²) in [4.78, 5) is 13.2. The van der Waals surface area contributed by atoms with E-state index in [-0.39, 0.29) is 18.9 Å². The molecule has 0 aromatic heterocycles. The smallest absolute Gasteiger partial charge is 0.220 e. The zero-order chi connectivity index (χ0) is 54.8. The summed E-state index contributed by atoms with van der Waals surface area (Å²) < 4.78 is 34.1. The highest BCUT2D eigenvalue weighted by molar-refractivity contribution is 5.76. The molecule has 0 aromatic rings. The van der Waals surface area contributed by atoms with Crippen molar-refractivity contribution in [3.05, 3.63) is 0 Å². The number of aliphatic hydroxyl groups excluding tert-OH is 11. The maximum atomic E-state index is 13.2. The minimum atomic E-state index is -1.97. The van der Waals surface area contributed by atoms with Gasteiger partial charge in [-0.3, -0.25) is 4.79 Å². The highest BCUT2D eigenvalue weighted by Crippen LogP contribution is 2.33. The van der Waals surface area contributed by atoms with Gasteiger partial charge in [-0.05, 0) is 12.8 Å². The van der Waals surface area contributed by atoms with Crippen LogP contribution in [0.3, 0.4) is 0 Å². The van der Waals surface area contributed by atoms with Gasteiger partial charge < -0.3 is 89.9 Å². The predicted octanol–water partition coefficient (Wildman–Crippen LogP) is 4.82. The van der Waals surface area contributed by atoms with E-state index in [1.165, 1.54) is 128 Å². The molecular formula is C56H107NO18. The Balaban J connectivity index is 1.38. The van der Waals surface area contributed by atoms with Gasteiger partial charge in [0.25, 0.3) is 0 Å². The van der Waals surface area contributed by atoms with E-state index >= 15 is 0 Å². The summed E-state index contributed by atoms with van der Waals surface area (Å²) in [5.74, 6) is -0.244. The summed E-state index contributed by atoms with van der Waals surface area (Å²) in [6.07, 6.45) is 11.2. The number of ether oxygens (including phenoxy) is 6. The first-order valence-corrected chi connectivity index (χ1v) is 29.8. The van der Waals surface area contributed by atoms with Gasteiger partial charge in [0.2, 0.25) is 5.91 Å². The second-order valence-corrected chi connectivity index (χ2v) is 21.8. The van der Waals surface area contributed by atoms with Crippen LogP contribution in [0.4, 0.5) is 0 Å². The standard InChI is InChI=1S/C56H107NO18/c1-3-5-7-9-11-12-13-14-15-16-17-18-19-20-21-22-23-24-25-26-27-28-30-32-34-44(62)57-39(40(61)33-31-29-10-8-6-4-2)38-70-54-50(68)47(65)52(42(36-59)72-54)75-56-51(69)48(66)53(43(37-60)73-56)74-55-49(67)46(64)45(63)41(35-58)71-55/h39-43,45-56,58-61,63-69H,3-38H2,1-2H3,(H,57,62). The normalized spacial score (nSPS) is 31.1. The van der Waals surface area contributed by atoms with Gasteiger partial charge in [-0.15, -0.1) is 0 Å². The number of carbonyl (C=O) groups excluding carboxylic acids is 1. The zero-order valence-corrected chi connectivity index (χ0v) is 46.0. The Morgan fingerprint density at radius 2 is 0.760 bits per heavy atom. The molecule has 17 unspecified atom stereocenters. The minimum Gasteiger partial charge on any atom is -0.394 e. The van der Waals surface area contributed by atoms with Gasteiger partial charge in [0.05, 0.1) is 38.6 Å². The first kappa shape index (κ1) is 68.1. The molecule has 12 N–H and O–H groups in total. The summed E-state index contributed by atoms with van der Waals surface area (Å²) in [7, 11) is 0. The lowest BCUT2D eigenvalue weighted by atomic mass is 9.96. The van der Waals surface area contributed by atoms with Crippen LogP contribution in [0.5, 0.6) is 0 Å². The lowest BCUT2D eigenvalue weighted by molar-refractivity contribution is -0.379. The maximum absolute atomic E-state index is 13.2. The molecule has 19 nitrogen and oxygen atoms in total. The molecule has 3 aliphatic rings. The Morgan fingerprint density at radius 3 is 1.16 bits per heavy atom. The molecule has 0 spiro atoms. The quantitative estimate of drug-likeness (QED) is 0.0364. The molecule has 0 bridgehead atoms. The average Bonchev–Trinajstić information content (AvgIpc) is 3.41. The first-order valence-electron chi connectivity index (χ1n) is 29.8. The van der Waals surface area contributed by atoms with Crippen molar-refractivity contribution in [3.8, 4) is 0 Å². The van der Waals surface area contributed by atoms with Gasteiger partial charge in [0.1, 0.15) is 73.2 Å². The molecule has 0 aliphatic carbocycles. The van der Waals surface area contributed by atoms with Gasteiger partial charge in [-0.25, -0.2) is 0 Å². The third-order valence-corrected chi connectivity index (χ3v) is 15.4. The van der Waals surface area contributed by atoms with E-state index < -0.39 is 124 Å². The molecule has 3 saturated heterocycles. The number of carbonyl (C=O) groups is 1. The Hall–Kier alpha value is -1.21. The highest BCUT2D eigenvalue weighted by atomic mass is 16.8. The monoisotopic (exact) mass is 1080 g/mol. The van der Waals surface area contributed by atoms with Crippen LogP contribution < -0.4 is 5.32 Å². The van der Waals surface area contributed by atoms with Crippen molar-refractivity contribution in [1.29, 1.82) is 0 Å². The summed E-state index contributed by atoms with van der Waals surface area (Å²) >= 11 is 0. The molecule has 17 atom stereocenters. The molecule has 0 aromatic carbocycles.